The molecule has 3 N–H and O–H groups in total. The molecule has 0 unspecified atom stereocenters. The molecule has 0 radical (unpaired) electrons. The Morgan fingerprint density at radius 3 is 2.19 bits per heavy atom. The second-order valence-electron chi connectivity index (χ2n) is 5.38. The molecule has 1 amide bonds. The predicted molar refractivity (Wildman–Crippen MR) is 96.6 cm³/mol. The molecule has 3 rings (SSSR count). The monoisotopic (exact) mass is 344 g/mol. The predicted octanol–water partition coefficient (Wildman–Crippen LogP) is 2.53. The van der Waals surface area contributed by atoms with Crippen molar-refractivity contribution in [1.29, 1.82) is 5.26 Å². The summed E-state index contributed by atoms with van der Waals surface area (Å²) in [5, 5.41) is 21.2. The molecule has 0 aliphatic heterocycles. The van der Waals surface area contributed by atoms with Crippen molar-refractivity contribution in [3.63, 3.8) is 0 Å². The maximum Gasteiger partial charge on any atom is 0.264 e. The lowest BCUT2D eigenvalue weighted by Crippen LogP contribution is -2.30. The lowest BCUT2D eigenvalue weighted by atomic mass is 9.98. The van der Waals surface area contributed by atoms with Crippen LogP contribution in [0.4, 0.5) is 5.95 Å². The van der Waals surface area contributed by atoms with Crippen LogP contribution in [-0.4, -0.2) is 21.1 Å². The lowest BCUT2D eigenvalue weighted by molar-refractivity contribution is -0.117. The van der Waals surface area contributed by atoms with Crippen LogP contribution in [0.15, 0.2) is 78.8 Å². The van der Waals surface area contributed by atoms with Crippen molar-refractivity contribution >= 4 is 11.9 Å². The highest BCUT2D eigenvalue weighted by Crippen LogP contribution is 2.22. The van der Waals surface area contributed by atoms with Crippen LogP contribution in [0.5, 0.6) is 0 Å². The Hall–Kier alpha value is -3.92. The van der Waals surface area contributed by atoms with Crippen LogP contribution >= 0.6 is 0 Å². The molecule has 0 spiro atoms. The fourth-order valence-corrected chi connectivity index (χ4v) is 2.42. The largest absolute Gasteiger partial charge is 0.340 e. The number of hydrogen-bond donors (Lipinski definition) is 3. The molecular weight excluding hydrogens is 328 g/mol. The molecule has 3 aromatic rings. The summed E-state index contributed by atoms with van der Waals surface area (Å²) in [6.45, 7) is 0. The van der Waals surface area contributed by atoms with Gasteiger partial charge in [-0.05, 0) is 11.1 Å². The van der Waals surface area contributed by atoms with Gasteiger partial charge in [-0.2, -0.15) is 15.3 Å². The van der Waals surface area contributed by atoms with Crippen LogP contribution in [-0.2, 0) is 4.79 Å². The molecule has 0 saturated carbocycles. The Kier molecular flexibility index (Phi) is 5.38. The number of aromatic nitrogens is 3. The molecule has 0 bridgehead atoms. The highest BCUT2D eigenvalue weighted by atomic mass is 16.1. The zero-order chi connectivity index (χ0) is 18.2. The van der Waals surface area contributed by atoms with Crippen LogP contribution in [0.25, 0.3) is 0 Å². The number of hydrogen-bond acceptors (Lipinski definition) is 5. The zero-order valence-electron chi connectivity index (χ0n) is 13.8. The maximum absolute atomic E-state index is 12.6. The van der Waals surface area contributed by atoms with Crippen LogP contribution in [0.3, 0.4) is 0 Å². The van der Waals surface area contributed by atoms with E-state index in [4.69, 9.17) is 0 Å². The summed E-state index contributed by atoms with van der Waals surface area (Å²) < 4.78 is 0. The van der Waals surface area contributed by atoms with Crippen molar-refractivity contribution in [1.82, 2.24) is 20.5 Å². The van der Waals surface area contributed by atoms with E-state index in [2.05, 4.69) is 25.8 Å². The molecular formula is C19H16N6O. The van der Waals surface area contributed by atoms with E-state index in [9.17, 15) is 10.1 Å². The van der Waals surface area contributed by atoms with Crippen molar-refractivity contribution in [2.24, 2.45) is 0 Å². The first-order valence-electron chi connectivity index (χ1n) is 7.91. The Balaban J connectivity index is 1.83. The van der Waals surface area contributed by atoms with Crippen molar-refractivity contribution in [3.8, 4) is 6.07 Å². The molecule has 0 atom stereocenters. The van der Waals surface area contributed by atoms with E-state index in [1.165, 1.54) is 12.5 Å². The summed E-state index contributed by atoms with van der Waals surface area (Å²) in [7, 11) is 0. The van der Waals surface area contributed by atoms with E-state index in [1.807, 2.05) is 66.7 Å². The van der Waals surface area contributed by atoms with Crippen LogP contribution < -0.4 is 10.6 Å². The van der Waals surface area contributed by atoms with Gasteiger partial charge >= 0.3 is 0 Å². The Labute approximate surface area is 150 Å². The highest BCUT2D eigenvalue weighted by molar-refractivity contribution is 5.97. The number of amides is 1. The summed E-state index contributed by atoms with van der Waals surface area (Å²) in [6, 6.07) is 20.7. The number of nitriles is 1. The first-order chi connectivity index (χ1) is 12.8. The molecule has 128 valence electrons. The summed E-state index contributed by atoms with van der Waals surface area (Å²) in [5.41, 5.74) is 1.78. The molecule has 7 heteroatoms. The first kappa shape index (κ1) is 16.9. The van der Waals surface area contributed by atoms with Crippen LogP contribution in [0.1, 0.15) is 17.2 Å². The number of carbonyl (C=O) groups excluding carboxylic acids is 1. The van der Waals surface area contributed by atoms with Gasteiger partial charge in [0.25, 0.3) is 5.91 Å². The minimum Gasteiger partial charge on any atom is -0.340 e. The van der Waals surface area contributed by atoms with E-state index in [0.29, 0.717) is 5.95 Å². The molecule has 0 saturated heterocycles. The Bertz CT molecular complexity index is 874. The van der Waals surface area contributed by atoms with Gasteiger partial charge in [0.15, 0.2) is 0 Å². The van der Waals surface area contributed by atoms with Gasteiger partial charge in [-0.25, -0.2) is 5.10 Å². The summed E-state index contributed by atoms with van der Waals surface area (Å²) >= 11 is 0. The first-order valence-corrected chi connectivity index (χ1v) is 7.91. The fourth-order valence-electron chi connectivity index (χ4n) is 2.42. The summed E-state index contributed by atoms with van der Waals surface area (Å²) in [6.07, 6.45) is 2.62. The van der Waals surface area contributed by atoms with Gasteiger partial charge < -0.3 is 10.6 Å². The van der Waals surface area contributed by atoms with Gasteiger partial charge in [-0.15, -0.1) is 0 Å². The summed E-state index contributed by atoms with van der Waals surface area (Å²) in [5.74, 6) is -0.148. The topological polar surface area (TPSA) is 106 Å². The number of aromatic amines is 1. The minimum atomic E-state index is -0.489. The van der Waals surface area contributed by atoms with E-state index in [-0.39, 0.29) is 11.6 Å². The van der Waals surface area contributed by atoms with Crippen molar-refractivity contribution in [2.45, 2.75) is 6.04 Å². The number of anilines is 1. The quantitative estimate of drug-likeness (QED) is 0.470. The van der Waals surface area contributed by atoms with E-state index in [0.717, 1.165) is 11.1 Å². The van der Waals surface area contributed by atoms with Gasteiger partial charge in [0.2, 0.25) is 5.95 Å². The molecule has 1 aromatic heterocycles. The molecule has 0 fully saturated rings. The van der Waals surface area contributed by atoms with Gasteiger partial charge in [0, 0.05) is 6.20 Å². The van der Waals surface area contributed by atoms with Gasteiger partial charge in [-0.1, -0.05) is 60.7 Å². The van der Waals surface area contributed by atoms with E-state index >= 15 is 0 Å². The number of nitrogens with zero attached hydrogens (tertiary/aromatic N) is 3. The fraction of sp³-hybridized carbons (Fsp3) is 0.0526. The lowest BCUT2D eigenvalue weighted by Gasteiger charge is -2.19. The normalized spacial score (nSPS) is 11.0. The minimum absolute atomic E-state index is 0.0711. The summed E-state index contributed by atoms with van der Waals surface area (Å²) in [4.78, 5) is 16.5. The number of rotatable bonds is 6. The SMILES string of the molecule is N#C/C(=C/Nc1ncn[nH]1)C(=O)NC(c1ccccc1)c1ccccc1. The van der Waals surface area contributed by atoms with Crippen LogP contribution in [0.2, 0.25) is 0 Å². The Morgan fingerprint density at radius 1 is 1.08 bits per heavy atom. The van der Waals surface area contributed by atoms with E-state index in [1.54, 1.807) is 0 Å². The number of nitrogens with one attached hydrogen (secondary N) is 3. The molecule has 0 aliphatic carbocycles. The van der Waals surface area contributed by atoms with Crippen molar-refractivity contribution in [2.75, 3.05) is 5.32 Å². The molecule has 2 aromatic carbocycles. The number of carbonyl (C=O) groups is 1. The average Bonchev–Trinajstić information content (AvgIpc) is 3.21. The molecule has 7 nitrogen and oxygen atoms in total. The van der Waals surface area contributed by atoms with E-state index < -0.39 is 5.91 Å². The van der Waals surface area contributed by atoms with Gasteiger partial charge in [0.1, 0.15) is 18.0 Å². The molecule has 26 heavy (non-hydrogen) atoms. The van der Waals surface area contributed by atoms with Gasteiger partial charge in [0.05, 0.1) is 6.04 Å². The molecule has 0 aliphatic rings. The molecule has 1 heterocycles. The third kappa shape index (κ3) is 4.13. The number of H-pyrrole nitrogens is 1. The zero-order valence-corrected chi connectivity index (χ0v) is 13.8. The van der Waals surface area contributed by atoms with Crippen LogP contribution in [0, 0.1) is 11.3 Å². The second kappa shape index (κ2) is 8.26. The third-order valence-electron chi connectivity index (χ3n) is 3.67. The average molecular weight is 344 g/mol. The van der Waals surface area contributed by atoms with Crippen molar-refractivity contribution < 1.29 is 4.79 Å². The maximum atomic E-state index is 12.6. The van der Waals surface area contributed by atoms with Gasteiger partial charge in [-0.3, -0.25) is 4.79 Å². The van der Waals surface area contributed by atoms with Crippen molar-refractivity contribution in [3.05, 3.63) is 89.9 Å². The smallest absolute Gasteiger partial charge is 0.264 e. The third-order valence-corrected chi connectivity index (χ3v) is 3.67. The number of benzene rings is 2. The standard InChI is InChI=1S/C19H16N6O/c20-11-16(12-21-19-22-13-23-25-19)18(26)24-17(14-7-3-1-4-8-14)15-9-5-2-6-10-15/h1-10,12-13,17H,(H,24,26)(H2,21,22,23,25)/b16-12-. The Morgan fingerprint density at radius 2 is 1.69 bits per heavy atom. The second-order valence-corrected chi connectivity index (χ2v) is 5.38. The highest BCUT2D eigenvalue weighted by Gasteiger charge is 2.19.